The van der Waals surface area contributed by atoms with Gasteiger partial charge >= 0.3 is 11.7 Å². The van der Waals surface area contributed by atoms with Gasteiger partial charge in [0.1, 0.15) is 5.82 Å². The molecule has 0 aromatic carbocycles. The molecule has 0 radical (unpaired) electrons. The molecule has 3 aromatic rings. The summed E-state index contributed by atoms with van der Waals surface area (Å²) in [6.45, 7) is 1.12. The van der Waals surface area contributed by atoms with Crippen molar-refractivity contribution < 1.29 is 4.79 Å². The number of aromatic amines is 2. The second kappa shape index (κ2) is 6.78. The first-order valence-corrected chi connectivity index (χ1v) is 8.22. The molecule has 3 aromatic heterocycles. The van der Waals surface area contributed by atoms with Gasteiger partial charge in [-0.3, -0.25) is 10.3 Å². The first-order valence-electron chi connectivity index (χ1n) is 8.22. The molecule has 4 heterocycles. The van der Waals surface area contributed by atoms with E-state index in [2.05, 4.69) is 35.6 Å². The number of piperidine rings is 1. The standard InChI is InChI=1S/C15H17N9O2/c25-14-19-12(20-21-14)10-3-1-7-23(9-10)15(26)18-11-4-8-24(22-11)13-16-5-2-6-17-13/h2,4-6,8,10H,1,3,7,9H2,(H,18,22,26)(H2,19,20,21,25). The molecule has 11 heteroatoms. The van der Waals surface area contributed by atoms with Crippen LogP contribution in [-0.4, -0.2) is 59.0 Å². The van der Waals surface area contributed by atoms with Crippen LogP contribution in [0.25, 0.3) is 5.95 Å². The third kappa shape index (κ3) is 3.31. The van der Waals surface area contributed by atoms with Crippen LogP contribution in [0.4, 0.5) is 10.6 Å². The number of nitrogens with one attached hydrogen (secondary N) is 3. The van der Waals surface area contributed by atoms with E-state index in [4.69, 9.17) is 0 Å². The fourth-order valence-electron chi connectivity index (χ4n) is 2.96. The third-order valence-electron chi connectivity index (χ3n) is 4.20. The number of carbonyl (C=O) groups is 1. The highest BCUT2D eigenvalue weighted by Crippen LogP contribution is 2.24. The molecule has 3 N–H and O–H groups in total. The first-order chi connectivity index (χ1) is 12.7. The molecule has 0 saturated carbocycles. The largest absolute Gasteiger partial charge is 0.340 e. The van der Waals surface area contributed by atoms with Gasteiger partial charge in [-0.05, 0) is 18.9 Å². The summed E-state index contributed by atoms with van der Waals surface area (Å²) < 4.78 is 1.49. The van der Waals surface area contributed by atoms with Crippen LogP contribution in [0.5, 0.6) is 0 Å². The molecule has 4 rings (SSSR count). The minimum atomic E-state index is -0.338. The summed E-state index contributed by atoms with van der Waals surface area (Å²) in [5.41, 5.74) is -0.338. The number of hydrogen-bond acceptors (Lipinski definition) is 6. The average molecular weight is 355 g/mol. The van der Waals surface area contributed by atoms with Crippen molar-refractivity contribution in [2.75, 3.05) is 18.4 Å². The molecule has 1 atom stereocenters. The quantitative estimate of drug-likeness (QED) is 0.625. The smallest absolute Gasteiger partial charge is 0.324 e. The van der Waals surface area contributed by atoms with Crippen molar-refractivity contribution in [2.45, 2.75) is 18.8 Å². The lowest BCUT2D eigenvalue weighted by molar-refractivity contribution is 0.191. The Kier molecular flexibility index (Phi) is 4.17. The van der Waals surface area contributed by atoms with Gasteiger partial charge in [0.05, 0.1) is 0 Å². The lowest BCUT2D eigenvalue weighted by atomic mass is 9.98. The van der Waals surface area contributed by atoms with E-state index in [1.54, 1.807) is 35.6 Å². The zero-order valence-electron chi connectivity index (χ0n) is 13.8. The van der Waals surface area contributed by atoms with E-state index in [1.165, 1.54) is 4.68 Å². The average Bonchev–Trinajstić information content (AvgIpc) is 3.32. The van der Waals surface area contributed by atoms with Crippen LogP contribution in [-0.2, 0) is 0 Å². The Morgan fingerprint density at radius 2 is 2.15 bits per heavy atom. The van der Waals surface area contributed by atoms with E-state index in [1.807, 2.05) is 0 Å². The van der Waals surface area contributed by atoms with Crippen LogP contribution in [0.1, 0.15) is 24.6 Å². The summed E-state index contributed by atoms with van der Waals surface area (Å²) in [6, 6.07) is 3.16. The van der Waals surface area contributed by atoms with Crippen LogP contribution in [0.2, 0.25) is 0 Å². The molecular formula is C15H17N9O2. The van der Waals surface area contributed by atoms with Crippen LogP contribution >= 0.6 is 0 Å². The number of aromatic nitrogens is 7. The summed E-state index contributed by atoms with van der Waals surface area (Å²) in [4.78, 5) is 36.3. The maximum Gasteiger partial charge on any atom is 0.340 e. The minimum absolute atomic E-state index is 0.00345. The SMILES string of the molecule is O=C(Nc1ccn(-c2ncccn2)n1)N1CCCC(c2n[nH]c(=O)[nH]2)C1. The number of carbonyl (C=O) groups excluding carboxylic acids is 1. The van der Waals surface area contributed by atoms with Crippen molar-refractivity contribution in [3.63, 3.8) is 0 Å². The Morgan fingerprint density at radius 1 is 1.31 bits per heavy atom. The summed E-state index contributed by atoms with van der Waals surface area (Å²) >= 11 is 0. The Hall–Kier alpha value is -3.50. The van der Waals surface area contributed by atoms with E-state index in [-0.39, 0.29) is 17.6 Å². The predicted octanol–water partition coefficient (Wildman–Crippen LogP) is 0.485. The van der Waals surface area contributed by atoms with Crippen molar-refractivity contribution in [1.29, 1.82) is 0 Å². The highest BCUT2D eigenvalue weighted by Gasteiger charge is 2.27. The molecule has 1 aliphatic rings. The maximum atomic E-state index is 12.5. The van der Waals surface area contributed by atoms with Crippen molar-refractivity contribution in [3.8, 4) is 5.95 Å². The van der Waals surface area contributed by atoms with E-state index >= 15 is 0 Å². The molecule has 1 unspecified atom stereocenters. The van der Waals surface area contributed by atoms with Crippen LogP contribution in [0, 0.1) is 0 Å². The molecule has 26 heavy (non-hydrogen) atoms. The summed E-state index contributed by atoms with van der Waals surface area (Å²) in [5.74, 6) is 1.42. The molecule has 1 saturated heterocycles. The predicted molar refractivity (Wildman–Crippen MR) is 90.9 cm³/mol. The van der Waals surface area contributed by atoms with Crippen molar-refractivity contribution in [3.05, 3.63) is 47.0 Å². The zero-order chi connectivity index (χ0) is 17.9. The van der Waals surface area contributed by atoms with Crippen molar-refractivity contribution >= 4 is 11.8 Å². The Morgan fingerprint density at radius 3 is 2.92 bits per heavy atom. The number of nitrogens with zero attached hydrogens (tertiary/aromatic N) is 6. The molecule has 2 amide bonds. The monoisotopic (exact) mass is 355 g/mol. The Balaban J connectivity index is 1.42. The molecule has 1 aliphatic heterocycles. The van der Waals surface area contributed by atoms with E-state index in [0.29, 0.717) is 30.7 Å². The van der Waals surface area contributed by atoms with Crippen LogP contribution in [0.3, 0.4) is 0 Å². The number of amides is 2. The van der Waals surface area contributed by atoms with E-state index in [9.17, 15) is 9.59 Å². The van der Waals surface area contributed by atoms with Gasteiger partial charge in [-0.15, -0.1) is 5.10 Å². The molecule has 0 spiro atoms. The second-order valence-corrected chi connectivity index (χ2v) is 5.97. The Bertz CT molecular complexity index is 945. The van der Waals surface area contributed by atoms with Gasteiger partial charge in [0.2, 0.25) is 5.95 Å². The van der Waals surface area contributed by atoms with Gasteiger partial charge in [0.25, 0.3) is 0 Å². The fourth-order valence-corrected chi connectivity index (χ4v) is 2.96. The topological polar surface area (TPSA) is 137 Å². The highest BCUT2D eigenvalue weighted by molar-refractivity contribution is 5.88. The highest BCUT2D eigenvalue weighted by atomic mass is 16.2. The van der Waals surface area contributed by atoms with Crippen molar-refractivity contribution in [2.24, 2.45) is 0 Å². The minimum Gasteiger partial charge on any atom is -0.324 e. The normalized spacial score (nSPS) is 17.2. The maximum absolute atomic E-state index is 12.5. The zero-order valence-corrected chi connectivity index (χ0v) is 13.8. The lowest BCUT2D eigenvalue weighted by Crippen LogP contribution is -2.42. The molecule has 11 nitrogen and oxygen atoms in total. The lowest BCUT2D eigenvalue weighted by Gasteiger charge is -2.31. The third-order valence-corrected chi connectivity index (χ3v) is 4.20. The van der Waals surface area contributed by atoms with E-state index < -0.39 is 0 Å². The second-order valence-electron chi connectivity index (χ2n) is 5.97. The van der Waals surface area contributed by atoms with Crippen LogP contribution in [0.15, 0.2) is 35.5 Å². The fraction of sp³-hybridized carbons (Fsp3) is 0.333. The molecule has 0 aliphatic carbocycles. The number of anilines is 1. The number of likely N-dealkylation sites (tertiary alicyclic amines) is 1. The summed E-state index contributed by atoms with van der Waals surface area (Å²) in [7, 11) is 0. The van der Waals surface area contributed by atoms with Gasteiger partial charge in [-0.2, -0.15) is 5.10 Å². The van der Waals surface area contributed by atoms with Crippen LogP contribution < -0.4 is 11.0 Å². The van der Waals surface area contributed by atoms with Gasteiger partial charge in [-0.1, -0.05) is 0 Å². The van der Waals surface area contributed by atoms with E-state index in [0.717, 1.165) is 12.8 Å². The van der Waals surface area contributed by atoms with Gasteiger partial charge < -0.3 is 4.90 Å². The Labute approximate surface area is 147 Å². The number of rotatable bonds is 3. The molecule has 134 valence electrons. The summed E-state index contributed by atoms with van der Waals surface area (Å²) in [6.07, 6.45) is 6.62. The van der Waals surface area contributed by atoms with Gasteiger partial charge in [-0.25, -0.2) is 29.3 Å². The van der Waals surface area contributed by atoms with Crippen molar-refractivity contribution in [1.82, 2.24) is 39.8 Å². The first kappa shape index (κ1) is 16.0. The molecule has 1 fully saturated rings. The molecular weight excluding hydrogens is 338 g/mol. The van der Waals surface area contributed by atoms with Gasteiger partial charge in [0.15, 0.2) is 5.82 Å². The number of hydrogen-bond donors (Lipinski definition) is 3. The van der Waals surface area contributed by atoms with Gasteiger partial charge in [0, 0.05) is 43.7 Å². The number of H-pyrrole nitrogens is 2. The molecule has 0 bridgehead atoms. The summed E-state index contributed by atoms with van der Waals surface area (Å²) in [5, 5.41) is 13.4. The number of urea groups is 1.